The Labute approximate surface area is 166 Å². The Balaban J connectivity index is 0.00000288. The van der Waals surface area contributed by atoms with Crippen molar-refractivity contribution in [3.8, 4) is 0 Å². The number of amides is 1. The fourth-order valence-corrected chi connectivity index (χ4v) is 3.61. The van der Waals surface area contributed by atoms with Crippen LogP contribution in [-0.2, 0) is 9.53 Å². The number of ether oxygens (including phenoxy) is 1. The Kier molecular flexibility index (Phi) is 10.9. The maximum absolute atomic E-state index is 13.1. The number of carbonyl (C=O) groups is 1. The monoisotopic (exact) mass is 397 g/mol. The Bertz CT molecular complexity index is 383. The molecule has 25 heavy (non-hydrogen) atoms. The predicted molar refractivity (Wildman–Crippen MR) is 108 cm³/mol. The molecular formula is C18H37Cl2N3O2. The third-order valence-corrected chi connectivity index (χ3v) is 5.27. The van der Waals surface area contributed by atoms with Crippen molar-refractivity contribution in [2.24, 2.45) is 10.8 Å². The van der Waals surface area contributed by atoms with Crippen LogP contribution in [0.2, 0.25) is 0 Å². The maximum Gasteiger partial charge on any atom is 0.231 e. The highest BCUT2D eigenvalue weighted by Crippen LogP contribution is 2.32. The number of methoxy groups -OCH3 is 1. The summed E-state index contributed by atoms with van der Waals surface area (Å²) in [6.07, 6.45) is 2.99. The molecule has 2 aliphatic rings. The molecule has 2 fully saturated rings. The number of piperazine rings is 1. The van der Waals surface area contributed by atoms with Crippen LogP contribution < -0.4 is 5.32 Å². The van der Waals surface area contributed by atoms with Crippen LogP contribution in [0.1, 0.15) is 40.0 Å². The Morgan fingerprint density at radius 1 is 1.08 bits per heavy atom. The molecule has 5 nitrogen and oxygen atoms in total. The number of nitrogens with zero attached hydrogens (tertiary/aromatic N) is 2. The van der Waals surface area contributed by atoms with Gasteiger partial charge >= 0.3 is 0 Å². The first-order chi connectivity index (χ1) is 10.9. The van der Waals surface area contributed by atoms with Gasteiger partial charge in [0, 0.05) is 33.3 Å². The molecule has 0 aromatic carbocycles. The highest BCUT2D eigenvalue weighted by molar-refractivity contribution is 5.85. The SMILES string of the molecule is COCC1(C(=O)N2CCN(CCC(C)(C)C)CC2)CCNCC1.Cl.Cl. The minimum Gasteiger partial charge on any atom is -0.384 e. The van der Waals surface area contributed by atoms with Gasteiger partial charge in [-0.3, -0.25) is 9.69 Å². The lowest BCUT2D eigenvalue weighted by molar-refractivity contribution is -0.149. The molecular weight excluding hydrogens is 361 g/mol. The Hall–Kier alpha value is -0.0700. The molecule has 0 aliphatic carbocycles. The summed E-state index contributed by atoms with van der Waals surface area (Å²) in [7, 11) is 1.71. The van der Waals surface area contributed by atoms with Gasteiger partial charge in [0.15, 0.2) is 0 Å². The first kappa shape index (κ1) is 24.9. The summed E-state index contributed by atoms with van der Waals surface area (Å²) in [6.45, 7) is 14.1. The van der Waals surface area contributed by atoms with E-state index < -0.39 is 0 Å². The Morgan fingerprint density at radius 2 is 1.64 bits per heavy atom. The van der Waals surface area contributed by atoms with E-state index in [1.807, 2.05) is 0 Å². The average molecular weight is 398 g/mol. The van der Waals surface area contributed by atoms with E-state index in [4.69, 9.17) is 4.74 Å². The van der Waals surface area contributed by atoms with Crippen LogP contribution in [0.15, 0.2) is 0 Å². The third-order valence-electron chi connectivity index (χ3n) is 5.27. The molecule has 1 N–H and O–H groups in total. The van der Waals surface area contributed by atoms with Crippen LogP contribution in [0.3, 0.4) is 0 Å². The van der Waals surface area contributed by atoms with Crippen molar-refractivity contribution < 1.29 is 9.53 Å². The van der Waals surface area contributed by atoms with E-state index in [0.29, 0.717) is 17.9 Å². The van der Waals surface area contributed by atoms with Crippen molar-refractivity contribution in [1.82, 2.24) is 15.1 Å². The standard InChI is InChI=1S/C18H35N3O2.2ClH/c1-17(2,3)7-10-20-11-13-21(14-12-20)16(22)18(15-23-4)5-8-19-9-6-18;;/h19H,5-15H2,1-4H3;2*1H. The van der Waals surface area contributed by atoms with Crippen molar-refractivity contribution >= 4 is 30.7 Å². The first-order valence-corrected chi connectivity index (χ1v) is 9.08. The fourth-order valence-electron chi connectivity index (χ4n) is 3.61. The molecule has 0 saturated carbocycles. The molecule has 0 atom stereocenters. The van der Waals surface area contributed by atoms with E-state index in [2.05, 4.69) is 35.9 Å². The quantitative estimate of drug-likeness (QED) is 0.773. The molecule has 0 bridgehead atoms. The summed E-state index contributed by atoms with van der Waals surface area (Å²) in [6, 6.07) is 0. The summed E-state index contributed by atoms with van der Waals surface area (Å²) in [5.41, 5.74) is 0.0815. The van der Waals surface area contributed by atoms with Crippen molar-refractivity contribution in [2.75, 3.05) is 59.5 Å². The lowest BCUT2D eigenvalue weighted by Gasteiger charge is -2.43. The second kappa shape index (κ2) is 10.9. The summed E-state index contributed by atoms with van der Waals surface area (Å²) < 4.78 is 5.41. The molecule has 2 heterocycles. The number of halogens is 2. The van der Waals surface area contributed by atoms with E-state index in [1.54, 1.807) is 7.11 Å². The van der Waals surface area contributed by atoms with Crippen LogP contribution in [0.5, 0.6) is 0 Å². The number of rotatable bonds is 5. The topological polar surface area (TPSA) is 44.8 Å². The van der Waals surface area contributed by atoms with Gasteiger partial charge in [0.25, 0.3) is 0 Å². The maximum atomic E-state index is 13.1. The Morgan fingerprint density at radius 3 is 2.12 bits per heavy atom. The largest absolute Gasteiger partial charge is 0.384 e. The molecule has 0 spiro atoms. The summed E-state index contributed by atoms with van der Waals surface area (Å²) >= 11 is 0. The lowest BCUT2D eigenvalue weighted by atomic mass is 9.78. The highest BCUT2D eigenvalue weighted by Gasteiger charge is 2.42. The van der Waals surface area contributed by atoms with E-state index in [-0.39, 0.29) is 30.2 Å². The van der Waals surface area contributed by atoms with Crippen molar-refractivity contribution in [3.05, 3.63) is 0 Å². The second-order valence-electron chi connectivity index (χ2n) is 8.41. The number of nitrogens with one attached hydrogen (secondary N) is 1. The van der Waals surface area contributed by atoms with Crippen LogP contribution in [-0.4, -0.2) is 75.2 Å². The van der Waals surface area contributed by atoms with E-state index in [1.165, 1.54) is 6.42 Å². The van der Waals surface area contributed by atoms with Crippen molar-refractivity contribution in [1.29, 1.82) is 0 Å². The number of piperidine rings is 1. The fraction of sp³-hybridized carbons (Fsp3) is 0.944. The van der Waals surface area contributed by atoms with E-state index in [9.17, 15) is 4.79 Å². The van der Waals surface area contributed by atoms with Gasteiger partial charge in [0.1, 0.15) is 0 Å². The van der Waals surface area contributed by atoms with Crippen LogP contribution in [0.4, 0.5) is 0 Å². The molecule has 0 aromatic heterocycles. The summed E-state index contributed by atoms with van der Waals surface area (Å²) in [5, 5.41) is 3.36. The minimum atomic E-state index is -0.298. The molecule has 0 radical (unpaired) electrons. The number of hydrogen-bond donors (Lipinski definition) is 1. The third kappa shape index (κ3) is 7.22. The molecule has 7 heteroatoms. The molecule has 0 aromatic rings. The van der Waals surface area contributed by atoms with Gasteiger partial charge in [0.2, 0.25) is 5.91 Å². The minimum absolute atomic E-state index is 0. The highest BCUT2D eigenvalue weighted by atomic mass is 35.5. The zero-order chi connectivity index (χ0) is 16.9. The zero-order valence-corrected chi connectivity index (χ0v) is 17.9. The second-order valence-corrected chi connectivity index (χ2v) is 8.41. The number of carbonyl (C=O) groups excluding carboxylic acids is 1. The molecule has 2 saturated heterocycles. The van der Waals surface area contributed by atoms with Crippen LogP contribution in [0.25, 0.3) is 0 Å². The molecule has 2 rings (SSSR count). The molecule has 2 aliphatic heterocycles. The molecule has 150 valence electrons. The van der Waals surface area contributed by atoms with Gasteiger partial charge in [-0.05, 0) is 44.3 Å². The molecule has 1 amide bonds. The predicted octanol–water partition coefficient (Wildman–Crippen LogP) is 2.43. The van der Waals surface area contributed by atoms with Gasteiger partial charge in [0.05, 0.1) is 12.0 Å². The van der Waals surface area contributed by atoms with E-state index in [0.717, 1.165) is 58.7 Å². The smallest absolute Gasteiger partial charge is 0.231 e. The lowest BCUT2D eigenvalue weighted by Crippen LogP contribution is -2.56. The summed E-state index contributed by atoms with van der Waals surface area (Å²) in [4.78, 5) is 17.7. The first-order valence-electron chi connectivity index (χ1n) is 9.08. The summed E-state index contributed by atoms with van der Waals surface area (Å²) in [5.74, 6) is 0.316. The van der Waals surface area contributed by atoms with Gasteiger partial charge in [-0.15, -0.1) is 24.8 Å². The molecule has 0 unspecified atom stereocenters. The van der Waals surface area contributed by atoms with Gasteiger partial charge in [-0.1, -0.05) is 20.8 Å². The zero-order valence-electron chi connectivity index (χ0n) is 16.3. The normalized spacial score (nSPS) is 21.2. The van der Waals surface area contributed by atoms with Gasteiger partial charge < -0.3 is 15.0 Å². The van der Waals surface area contributed by atoms with Gasteiger partial charge in [-0.25, -0.2) is 0 Å². The van der Waals surface area contributed by atoms with Crippen molar-refractivity contribution in [2.45, 2.75) is 40.0 Å². The number of hydrogen-bond acceptors (Lipinski definition) is 4. The average Bonchev–Trinajstić information content (AvgIpc) is 2.53. The van der Waals surface area contributed by atoms with Gasteiger partial charge in [-0.2, -0.15) is 0 Å². The van der Waals surface area contributed by atoms with Crippen LogP contribution in [0, 0.1) is 10.8 Å². The van der Waals surface area contributed by atoms with E-state index >= 15 is 0 Å². The van der Waals surface area contributed by atoms with Crippen LogP contribution >= 0.6 is 24.8 Å². The van der Waals surface area contributed by atoms with Crippen molar-refractivity contribution in [3.63, 3.8) is 0 Å².